The van der Waals surface area contributed by atoms with Crippen LogP contribution in [0.3, 0.4) is 0 Å². The third-order valence-corrected chi connectivity index (χ3v) is 5.88. The van der Waals surface area contributed by atoms with Crippen molar-refractivity contribution in [3.05, 3.63) is 35.5 Å². The Bertz CT molecular complexity index is 811. The van der Waals surface area contributed by atoms with Gasteiger partial charge in [0.05, 0.1) is 38.6 Å². The van der Waals surface area contributed by atoms with Crippen molar-refractivity contribution in [3.8, 4) is 5.75 Å². The zero-order valence-corrected chi connectivity index (χ0v) is 18.2. The van der Waals surface area contributed by atoms with Crippen LogP contribution in [0.5, 0.6) is 5.75 Å². The molecule has 31 heavy (non-hydrogen) atoms. The van der Waals surface area contributed by atoms with Crippen LogP contribution < -0.4 is 4.74 Å². The Kier molecular flexibility index (Phi) is 7.21. The van der Waals surface area contributed by atoms with Crippen LogP contribution in [0, 0.1) is 0 Å². The number of benzene rings is 1. The van der Waals surface area contributed by atoms with E-state index in [9.17, 15) is 9.59 Å². The van der Waals surface area contributed by atoms with E-state index in [0.29, 0.717) is 50.7 Å². The van der Waals surface area contributed by atoms with Gasteiger partial charge in [0.15, 0.2) is 0 Å². The zero-order valence-electron chi connectivity index (χ0n) is 18.2. The van der Waals surface area contributed by atoms with Gasteiger partial charge in [-0.15, -0.1) is 0 Å². The number of imide groups is 1. The summed E-state index contributed by atoms with van der Waals surface area (Å²) in [6.07, 6.45) is 0.754. The van der Waals surface area contributed by atoms with Crippen LogP contribution in [-0.4, -0.2) is 98.8 Å². The number of carbonyl (C=O) groups is 2. The van der Waals surface area contributed by atoms with Gasteiger partial charge in [-0.3, -0.25) is 19.4 Å². The Morgan fingerprint density at radius 2 is 1.52 bits per heavy atom. The SMILES string of the molecule is CCOc1ccc(C2=C(N3CCOCC3)C(=O)N(CCCN3CCOCC3)C2=O)cc1. The van der Waals surface area contributed by atoms with E-state index in [1.165, 1.54) is 4.90 Å². The normalized spacial score (nSPS) is 20.7. The number of amides is 2. The fraction of sp³-hybridized carbons (Fsp3) is 0.565. The van der Waals surface area contributed by atoms with Crippen LogP contribution in [0.25, 0.3) is 5.57 Å². The van der Waals surface area contributed by atoms with Crippen molar-refractivity contribution in [2.75, 3.05) is 72.3 Å². The van der Waals surface area contributed by atoms with Gasteiger partial charge in [-0.05, 0) is 31.0 Å². The van der Waals surface area contributed by atoms with E-state index >= 15 is 0 Å². The lowest BCUT2D eigenvalue weighted by Crippen LogP contribution is -2.41. The highest BCUT2D eigenvalue weighted by Crippen LogP contribution is 2.33. The van der Waals surface area contributed by atoms with Crippen molar-refractivity contribution in [2.24, 2.45) is 0 Å². The van der Waals surface area contributed by atoms with Gasteiger partial charge < -0.3 is 19.1 Å². The summed E-state index contributed by atoms with van der Waals surface area (Å²) >= 11 is 0. The van der Waals surface area contributed by atoms with Crippen molar-refractivity contribution in [1.29, 1.82) is 0 Å². The Labute approximate surface area is 183 Å². The van der Waals surface area contributed by atoms with Crippen LogP contribution in [0.4, 0.5) is 0 Å². The van der Waals surface area contributed by atoms with Crippen LogP contribution in [-0.2, 0) is 19.1 Å². The van der Waals surface area contributed by atoms with Crippen molar-refractivity contribution in [2.45, 2.75) is 13.3 Å². The summed E-state index contributed by atoms with van der Waals surface area (Å²) in [5, 5.41) is 0. The second kappa shape index (κ2) is 10.3. The molecule has 0 unspecified atom stereocenters. The average Bonchev–Trinajstić information content (AvgIpc) is 3.06. The van der Waals surface area contributed by atoms with Crippen molar-refractivity contribution < 1.29 is 23.8 Å². The Hall–Kier alpha value is -2.42. The molecule has 0 bridgehead atoms. The molecule has 0 radical (unpaired) electrons. The number of carbonyl (C=O) groups excluding carboxylic acids is 2. The van der Waals surface area contributed by atoms with E-state index in [4.69, 9.17) is 14.2 Å². The van der Waals surface area contributed by atoms with Crippen molar-refractivity contribution >= 4 is 17.4 Å². The minimum absolute atomic E-state index is 0.197. The first kappa shape index (κ1) is 21.8. The summed E-state index contributed by atoms with van der Waals surface area (Å²) in [7, 11) is 0. The molecule has 2 amide bonds. The largest absolute Gasteiger partial charge is 0.494 e. The van der Waals surface area contributed by atoms with Gasteiger partial charge in [0.1, 0.15) is 11.4 Å². The minimum atomic E-state index is -0.211. The fourth-order valence-electron chi connectivity index (χ4n) is 4.27. The molecule has 2 saturated heterocycles. The molecule has 0 N–H and O–H groups in total. The number of ether oxygens (including phenoxy) is 3. The van der Waals surface area contributed by atoms with E-state index in [2.05, 4.69) is 4.90 Å². The summed E-state index contributed by atoms with van der Waals surface area (Å²) in [6.45, 7) is 9.39. The molecule has 0 spiro atoms. The molecule has 0 aromatic heterocycles. The summed E-state index contributed by atoms with van der Waals surface area (Å²) in [5.74, 6) is 0.342. The molecule has 1 aromatic carbocycles. The Morgan fingerprint density at radius 3 is 2.16 bits per heavy atom. The van der Waals surface area contributed by atoms with E-state index in [1.54, 1.807) is 0 Å². The first-order valence-electron chi connectivity index (χ1n) is 11.2. The molecule has 3 aliphatic rings. The third kappa shape index (κ3) is 4.92. The molecule has 3 heterocycles. The predicted molar refractivity (Wildman–Crippen MR) is 116 cm³/mol. The van der Waals surface area contributed by atoms with Gasteiger partial charge in [0.25, 0.3) is 11.8 Å². The monoisotopic (exact) mass is 429 g/mol. The minimum Gasteiger partial charge on any atom is -0.494 e. The molecule has 8 heteroatoms. The van der Waals surface area contributed by atoms with Crippen LogP contribution in [0.1, 0.15) is 18.9 Å². The van der Waals surface area contributed by atoms with Gasteiger partial charge in [-0.25, -0.2) is 0 Å². The van der Waals surface area contributed by atoms with Gasteiger partial charge >= 0.3 is 0 Å². The third-order valence-electron chi connectivity index (χ3n) is 5.88. The molecule has 0 aliphatic carbocycles. The van der Waals surface area contributed by atoms with E-state index in [1.807, 2.05) is 36.1 Å². The van der Waals surface area contributed by atoms with E-state index < -0.39 is 0 Å². The summed E-state index contributed by atoms with van der Waals surface area (Å²) in [4.78, 5) is 32.5. The number of rotatable bonds is 8. The molecule has 8 nitrogen and oxygen atoms in total. The average molecular weight is 430 g/mol. The zero-order chi connectivity index (χ0) is 21.6. The number of nitrogens with zero attached hydrogens (tertiary/aromatic N) is 3. The molecule has 1 aromatic rings. The number of hydrogen-bond donors (Lipinski definition) is 0. The maximum Gasteiger partial charge on any atom is 0.277 e. The summed E-state index contributed by atoms with van der Waals surface area (Å²) in [6, 6.07) is 7.43. The van der Waals surface area contributed by atoms with Crippen molar-refractivity contribution in [1.82, 2.24) is 14.7 Å². The van der Waals surface area contributed by atoms with E-state index in [0.717, 1.165) is 50.6 Å². The molecule has 0 saturated carbocycles. The maximum atomic E-state index is 13.4. The summed E-state index contributed by atoms with van der Waals surface area (Å²) < 4.78 is 16.4. The van der Waals surface area contributed by atoms with Crippen LogP contribution in [0.2, 0.25) is 0 Å². The highest BCUT2D eigenvalue weighted by Gasteiger charge is 2.41. The number of morpholine rings is 2. The Balaban J connectivity index is 1.53. The molecule has 2 fully saturated rings. The first-order valence-corrected chi connectivity index (χ1v) is 11.2. The van der Waals surface area contributed by atoms with Gasteiger partial charge in [0.2, 0.25) is 0 Å². The lowest BCUT2D eigenvalue weighted by Gasteiger charge is -2.30. The molecular formula is C23H31N3O5. The lowest BCUT2D eigenvalue weighted by molar-refractivity contribution is -0.138. The standard InChI is InChI=1S/C23H31N3O5/c1-2-31-19-6-4-18(5-7-19)20-21(25-12-16-30-17-13-25)23(28)26(22(20)27)9-3-8-24-10-14-29-15-11-24/h4-7H,2-3,8-17H2,1H3. The topological polar surface area (TPSA) is 71.6 Å². The van der Waals surface area contributed by atoms with Gasteiger partial charge in [-0.1, -0.05) is 12.1 Å². The Morgan fingerprint density at radius 1 is 0.871 bits per heavy atom. The fourth-order valence-corrected chi connectivity index (χ4v) is 4.27. The van der Waals surface area contributed by atoms with Crippen molar-refractivity contribution in [3.63, 3.8) is 0 Å². The predicted octanol–water partition coefficient (Wildman–Crippen LogP) is 1.22. The van der Waals surface area contributed by atoms with Gasteiger partial charge in [-0.2, -0.15) is 0 Å². The van der Waals surface area contributed by atoms with Crippen LogP contribution >= 0.6 is 0 Å². The lowest BCUT2D eigenvalue weighted by atomic mass is 10.0. The highest BCUT2D eigenvalue weighted by molar-refractivity contribution is 6.35. The quantitative estimate of drug-likeness (QED) is 0.576. The highest BCUT2D eigenvalue weighted by atomic mass is 16.5. The molecule has 4 rings (SSSR count). The molecule has 3 aliphatic heterocycles. The maximum absolute atomic E-state index is 13.4. The molecule has 168 valence electrons. The first-order chi connectivity index (χ1) is 15.2. The smallest absolute Gasteiger partial charge is 0.277 e. The van der Waals surface area contributed by atoms with Crippen LogP contribution in [0.15, 0.2) is 30.0 Å². The molecular weight excluding hydrogens is 398 g/mol. The molecule has 0 atom stereocenters. The number of hydrogen-bond acceptors (Lipinski definition) is 7. The van der Waals surface area contributed by atoms with Gasteiger partial charge in [0, 0.05) is 39.3 Å². The second-order valence-corrected chi connectivity index (χ2v) is 7.85. The summed E-state index contributed by atoms with van der Waals surface area (Å²) in [5.41, 5.74) is 1.74. The van der Waals surface area contributed by atoms with E-state index in [-0.39, 0.29) is 11.8 Å². The second-order valence-electron chi connectivity index (χ2n) is 7.85.